The summed E-state index contributed by atoms with van der Waals surface area (Å²) in [4.78, 5) is 0. The summed E-state index contributed by atoms with van der Waals surface area (Å²) in [5, 5.41) is 18.1. The molecule has 0 amide bonds. The molecular weight excluding hydrogens is 753 g/mol. The van der Waals surface area contributed by atoms with Crippen molar-refractivity contribution < 1.29 is 0 Å². The van der Waals surface area contributed by atoms with Crippen LogP contribution in [-0.4, -0.2) is 0 Å². The van der Waals surface area contributed by atoms with Gasteiger partial charge in [-0.25, -0.2) is 0 Å². The smallest absolute Gasteiger partial charge is 0.0355 e. The molecule has 13 aromatic rings. The summed E-state index contributed by atoms with van der Waals surface area (Å²) >= 11 is 1.87. The first-order chi connectivity index (χ1) is 30.2. The largest absolute Gasteiger partial charge is 0.135 e. The molecule has 0 aliphatic heterocycles. The van der Waals surface area contributed by atoms with Crippen LogP contribution in [0.4, 0.5) is 0 Å². The molecule has 0 saturated carbocycles. The van der Waals surface area contributed by atoms with Crippen LogP contribution in [0.25, 0.3) is 140 Å². The van der Waals surface area contributed by atoms with E-state index in [9.17, 15) is 0 Å². The zero-order chi connectivity index (χ0) is 39.8. The highest BCUT2D eigenvalue weighted by Crippen LogP contribution is 2.53. The maximum absolute atomic E-state index is 2.52. The van der Waals surface area contributed by atoms with Crippen LogP contribution in [-0.2, 0) is 0 Å². The van der Waals surface area contributed by atoms with E-state index in [-0.39, 0.29) is 0 Å². The second kappa shape index (κ2) is 12.5. The van der Waals surface area contributed by atoms with Crippen molar-refractivity contribution in [3.8, 4) is 55.6 Å². The number of fused-ring (bicyclic) bond motifs is 23. The fraction of sp³-hybridized carbons (Fsp3) is 0. The fourth-order valence-corrected chi connectivity index (χ4v) is 11.9. The van der Waals surface area contributed by atoms with E-state index in [4.69, 9.17) is 0 Å². The number of hydrogen-bond donors (Lipinski definition) is 0. The van der Waals surface area contributed by atoms with Crippen molar-refractivity contribution in [3.05, 3.63) is 206 Å². The van der Waals surface area contributed by atoms with Crippen LogP contribution in [0.15, 0.2) is 206 Å². The van der Waals surface area contributed by atoms with Crippen LogP contribution in [0.3, 0.4) is 0 Å². The highest BCUT2D eigenvalue weighted by Gasteiger charge is 2.26. The van der Waals surface area contributed by atoms with Gasteiger partial charge >= 0.3 is 0 Å². The Hall–Kier alpha value is -7.58. The first kappa shape index (κ1) is 33.3. The Morgan fingerprint density at radius 1 is 0.180 bits per heavy atom. The summed E-state index contributed by atoms with van der Waals surface area (Å²) in [7, 11) is 0. The van der Waals surface area contributed by atoms with Crippen molar-refractivity contribution in [3.63, 3.8) is 0 Å². The number of benzene rings is 12. The Morgan fingerprint density at radius 3 is 0.967 bits per heavy atom. The molecule has 0 unspecified atom stereocenters. The molecule has 0 N–H and O–H groups in total. The Kier molecular flexibility index (Phi) is 6.80. The van der Waals surface area contributed by atoms with Crippen LogP contribution in [0, 0.1) is 0 Å². The van der Waals surface area contributed by atoms with Gasteiger partial charge < -0.3 is 0 Å². The Balaban J connectivity index is 1.15. The van der Waals surface area contributed by atoms with E-state index in [0.717, 1.165) is 0 Å². The number of hydrogen-bond acceptors (Lipinski definition) is 1. The minimum atomic E-state index is 1.22. The summed E-state index contributed by atoms with van der Waals surface area (Å²) in [6.07, 6.45) is 0. The van der Waals surface area contributed by atoms with Gasteiger partial charge in [-0.15, -0.1) is 11.3 Å². The van der Waals surface area contributed by atoms with E-state index in [1.54, 1.807) is 0 Å². The molecule has 1 aliphatic rings. The molecule has 1 aromatic heterocycles. The van der Waals surface area contributed by atoms with E-state index in [1.165, 1.54) is 140 Å². The molecule has 0 atom stereocenters. The lowest BCUT2D eigenvalue weighted by Crippen LogP contribution is -1.99. The van der Waals surface area contributed by atoms with Crippen LogP contribution >= 0.6 is 11.3 Å². The molecule has 1 heteroatoms. The fourth-order valence-electron chi connectivity index (χ4n) is 10.8. The first-order valence-electron chi connectivity index (χ1n) is 21.2. The number of rotatable bonds is 1. The van der Waals surface area contributed by atoms with Crippen molar-refractivity contribution in [2.45, 2.75) is 0 Å². The third-order valence-corrected chi connectivity index (χ3v) is 14.7. The zero-order valence-electron chi connectivity index (χ0n) is 33.0. The molecule has 280 valence electrons. The van der Waals surface area contributed by atoms with Crippen molar-refractivity contribution in [2.75, 3.05) is 0 Å². The summed E-state index contributed by atoms with van der Waals surface area (Å²) in [6.45, 7) is 0. The van der Waals surface area contributed by atoms with Crippen LogP contribution in [0.2, 0.25) is 0 Å². The van der Waals surface area contributed by atoms with Gasteiger partial charge in [0.1, 0.15) is 0 Å². The highest BCUT2D eigenvalue weighted by atomic mass is 32.1. The zero-order valence-corrected chi connectivity index (χ0v) is 33.9. The highest BCUT2D eigenvalue weighted by molar-refractivity contribution is 7.25. The van der Waals surface area contributed by atoms with Crippen molar-refractivity contribution in [1.82, 2.24) is 0 Å². The van der Waals surface area contributed by atoms with Gasteiger partial charge in [0.15, 0.2) is 0 Å². The Bertz CT molecular complexity index is 4000. The van der Waals surface area contributed by atoms with E-state index in [2.05, 4.69) is 206 Å². The second-order valence-corrected chi connectivity index (χ2v) is 17.8. The van der Waals surface area contributed by atoms with Crippen molar-refractivity contribution in [1.29, 1.82) is 0 Å². The summed E-state index contributed by atoms with van der Waals surface area (Å²) in [5.74, 6) is 0. The predicted octanol–water partition coefficient (Wildman–Crippen LogP) is 17.6. The maximum Gasteiger partial charge on any atom is 0.0355 e. The quantitative estimate of drug-likeness (QED) is 0.145. The average molecular weight is 787 g/mol. The SMILES string of the molecule is c1ccc2c(c1)-c1cc3c4ccccc4c4ccccc4c3cc1-c1ccc(-c3ccc4sc5ccccc5c4c3)cc1-c1cc3c4ccccc4c4ccccc4c3cc1-2. The summed E-state index contributed by atoms with van der Waals surface area (Å²) < 4.78 is 2.65. The lowest BCUT2D eigenvalue weighted by Gasteiger charge is -2.26. The molecule has 0 spiro atoms. The second-order valence-electron chi connectivity index (χ2n) is 16.7. The Morgan fingerprint density at radius 2 is 0.492 bits per heavy atom. The van der Waals surface area contributed by atoms with Crippen molar-refractivity contribution >= 4 is 96.1 Å². The van der Waals surface area contributed by atoms with Crippen molar-refractivity contribution in [2.24, 2.45) is 0 Å². The van der Waals surface area contributed by atoms with Gasteiger partial charge in [0.05, 0.1) is 0 Å². The minimum absolute atomic E-state index is 1.22. The van der Waals surface area contributed by atoms with Gasteiger partial charge in [0.25, 0.3) is 0 Å². The van der Waals surface area contributed by atoms with Gasteiger partial charge in [0, 0.05) is 20.2 Å². The minimum Gasteiger partial charge on any atom is -0.135 e. The topological polar surface area (TPSA) is 0 Å². The van der Waals surface area contributed by atoms with Gasteiger partial charge in [-0.2, -0.15) is 0 Å². The van der Waals surface area contributed by atoms with E-state index < -0.39 is 0 Å². The van der Waals surface area contributed by atoms with E-state index >= 15 is 0 Å². The molecule has 1 aliphatic carbocycles. The van der Waals surface area contributed by atoms with Gasteiger partial charge in [-0.05, 0) is 169 Å². The summed E-state index contributed by atoms with van der Waals surface area (Å²) in [6, 6.07) is 78.0. The first-order valence-corrected chi connectivity index (χ1v) is 22.0. The van der Waals surface area contributed by atoms with E-state index in [1.807, 2.05) is 11.3 Å². The third-order valence-electron chi connectivity index (χ3n) is 13.6. The van der Waals surface area contributed by atoms with Gasteiger partial charge in [-0.1, -0.05) is 158 Å². The molecule has 0 fully saturated rings. The third kappa shape index (κ3) is 4.70. The Labute approximate surface area is 356 Å². The normalized spacial score (nSPS) is 12.3. The number of thiophene rings is 1. The summed E-state index contributed by atoms with van der Waals surface area (Å²) in [5.41, 5.74) is 12.5. The molecule has 61 heavy (non-hydrogen) atoms. The lowest BCUT2D eigenvalue weighted by molar-refractivity contribution is 1.54. The van der Waals surface area contributed by atoms with E-state index in [0.29, 0.717) is 0 Å². The average Bonchev–Trinajstić information content (AvgIpc) is 3.71. The lowest BCUT2D eigenvalue weighted by atomic mass is 9.77. The predicted molar refractivity (Wildman–Crippen MR) is 265 cm³/mol. The molecule has 14 rings (SSSR count). The van der Waals surface area contributed by atoms with Crippen LogP contribution < -0.4 is 0 Å². The van der Waals surface area contributed by atoms with Gasteiger partial charge in [-0.3, -0.25) is 0 Å². The standard InChI is InChI=1S/C60H34S/c1-5-17-41-37(13-1)38-14-3-7-19-43(38)52-33-56-47-27-25-35(36-26-28-60-58(30-36)48-23-11-12-24-59(48)61-60)29-49(47)57-34-54-44-20-8-4-16-40(44)39-15-2-6-18-42(39)51(54)32-55(57)46-22-10-9-21-45(46)53(56)31-50(41)52/h1-34H. The molecular formula is C60H34S. The molecule has 0 nitrogen and oxygen atoms in total. The molecule has 12 aromatic carbocycles. The molecule has 0 saturated heterocycles. The van der Waals surface area contributed by atoms with Gasteiger partial charge in [0.2, 0.25) is 0 Å². The molecule has 0 bridgehead atoms. The van der Waals surface area contributed by atoms with Crippen LogP contribution in [0.1, 0.15) is 0 Å². The molecule has 0 radical (unpaired) electrons. The monoisotopic (exact) mass is 786 g/mol. The van der Waals surface area contributed by atoms with Crippen LogP contribution in [0.5, 0.6) is 0 Å². The maximum atomic E-state index is 2.52. The molecule has 1 heterocycles.